The van der Waals surface area contributed by atoms with Crippen molar-refractivity contribution < 1.29 is 30.8 Å². The van der Waals surface area contributed by atoms with Crippen LogP contribution in [0.3, 0.4) is 0 Å². The van der Waals surface area contributed by atoms with Gasteiger partial charge in [-0.1, -0.05) is 12.1 Å². The van der Waals surface area contributed by atoms with Crippen molar-refractivity contribution in [1.82, 2.24) is 5.32 Å². The van der Waals surface area contributed by atoms with Crippen molar-refractivity contribution in [1.29, 1.82) is 5.26 Å². The molecule has 0 radical (unpaired) electrons. The quantitative estimate of drug-likeness (QED) is 0.600. The standard InChI is InChI=1S/C19H15F3N2O4S/c20-19(21,22)14-3-1-2-12(8-14)17-5-4-16(28-17)9-13(10-23)18(25)24-15-6-7-29(26,27)11-15/h1-5,8-9,15H,6-7,11H2,(H,24,25)/b13-9-/t15-/m0/s1. The largest absolute Gasteiger partial charge is 0.457 e. The summed E-state index contributed by atoms with van der Waals surface area (Å²) in [6.45, 7) is 0. The lowest BCUT2D eigenvalue weighted by molar-refractivity contribution is -0.137. The summed E-state index contributed by atoms with van der Waals surface area (Å²) < 4.78 is 66.9. The molecule has 29 heavy (non-hydrogen) atoms. The molecule has 1 saturated heterocycles. The van der Waals surface area contributed by atoms with Crippen molar-refractivity contribution in [2.45, 2.75) is 18.6 Å². The first kappa shape index (κ1) is 20.7. The van der Waals surface area contributed by atoms with Gasteiger partial charge in [0.25, 0.3) is 5.91 Å². The van der Waals surface area contributed by atoms with Gasteiger partial charge in [0.1, 0.15) is 23.2 Å². The summed E-state index contributed by atoms with van der Waals surface area (Å²) in [5, 5.41) is 11.7. The van der Waals surface area contributed by atoms with E-state index < -0.39 is 33.5 Å². The van der Waals surface area contributed by atoms with E-state index in [1.165, 1.54) is 24.3 Å². The Labute approximate surface area is 164 Å². The van der Waals surface area contributed by atoms with Crippen LogP contribution in [0, 0.1) is 11.3 Å². The van der Waals surface area contributed by atoms with Crippen LogP contribution in [0.15, 0.2) is 46.4 Å². The number of nitrogens with one attached hydrogen (secondary N) is 1. The maximum atomic E-state index is 12.9. The number of halogens is 3. The Balaban J connectivity index is 1.78. The SMILES string of the molecule is N#C/C(=C/c1ccc(-c2cccc(C(F)(F)F)c2)o1)C(=O)N[C@H]1CCS(=O)(=O)C1. The molecule has 0 spiro atoms. The van der Waals surface area contributed by atoms with Crippen LogP contribution in [0.25, 0.3) is 17.4 Å². The van der Waals surface area contributed by atoms with Crippen LogP contribution in [-0.4, -0.2) is 31.9 Å². The molecule has 0 aliphatic carbocycles. The number of benzene rings is 1. The lowest BCUT2D eigenvalue weighted by Gasteiger charge is -2.09. The number of hydrogen-bond acceptors (Lipinski definition) is 5. The molecule has 1 N–H and O–H groups in total. The second-order valence-electron chi connectivity index (χ2n) is 6.52. The molecule has 2 heterocycles. The summed E-state index contributed by atoms with van der Waals surface area (Å²) in [4.78, 5) is 12.2. The highest BCUT2D eigenvalue weighted by molar-refractivity contribution is 7.91. The maximum absolute atomic E-state index is 12.9. The molecule has 6 nitrogen and oxygen atoms in total. The van der Waals surface area contributed by atoms with Crippen LogP contribution in [0.4, 0.5) is 13.2 Å². The normalized spacial score (nSPS) is 19.0. The number of nitrogens with zero attached hydrogens (tertiary/aromatic N) is 1. The maximum Gasteiger partial charge on any atom is 0.416 e. The Hall–Kier alpha value is -3.06. The van der Waals surface area contributed by atoms with Gasteiger partial charge in [0.2, 0.25) is 0 Å². The molecule has 2 aromatic rings. The number of rotatable bonds is 4. The van der Waals surface area contributed by atoms with Crippen LogP contribution in [0.1, 0.15) is 17.7 Å². The Kier molecular flexibility index (Phi) is 5.53. The predicted molar refractivity (Wildman–Crippen MR) is 97.9 cm³/mol. The van der Waals surface area contributed by atoms with Gasteiger partial charge in [-0.2, -0.15) is 18.4 Å². The second kappa shape index (κ2) is 7.75. The number of carbonyl (C=O) groups is 1. The smallest absolute Gasteiger partial charge is 0.416 e. The van der Waals surface area contributed by atoms with Gasteiger partial charge in [-0.25, -0.2) is 8.42 Å². The highest BCUT2D eigenvalue weighted by atomic mass is 32.2. The number of amides is 1. The topological polar surface area (TPSA) is 100 Å². The van der Waals surface area contributed by atoms with Crippen molar-refractivity contribution >= 4 is 21.8 Å². The van der Waals surface area contributed by atoms with E-state index in [2.05, 4.69) is 5.32 Å². The van der Waals surface area contributed by atoms with E-state index in [0.29, 0.717) is 0 Å². The molecule has 1 fully saturated rings. The fourth-order valence-corrected chi connectivity index (χ4v) is 4.57. The van der Waals surface area contributed by atoms with E-state index in [1.807, 2.05) is 0 Å². The first-order valence-corrected chi connectivity index (χ1v) is 10.3. The summed E-state index contributed by atoms with van der Waals surface area (Å²) in [5.41, 5.74) is -0.940. The van der Waals surface area contributed by atoms with Crippen molar-refractivity contribution in [2.75, 3.05) is 11.5 Å². The molecule has 152 valence electrons. The van der Waals surface area contributed by atoms with Gasteiger partial charge in [-0.15, -0.1) is 0 Å². The molecule has 1 aromatic carbocycles. The Morgan fingerprint density at radius 3 is 2.66 bits per heavy atom. The molecule has 0 saturated carbocycles. The average molecular weight is 424 g/mol. The van der Waals surface area contributed by atoms with Gasteiger partial charge in [0.05, 0.1) is 17.1 Å². The number of nitriles is 1. The van der Waals surface area contributed by atoms with Gasteiger partial charge in [-0.3, -0.25) is 4.79 Å². The highest BCUT2D eigenvalue weighted by Gasteiger charge is 2.31. The molecule has 1 aliphatic rings. The van der Waals surface area contributed by atoms with Gasteiger partial charge in [0, 0.05) is 17.7 Å². The van der Waals surface area contributed by atoms with E-state index in [-0.39, 0.29) is 40.6 Å². The molecule has 0 unspecified atom stereocenters. The van der Waals surface area contributed by atoms with Gasteiger partial charge >= 0.3 is 6.18 Å². The van der Waals surface area contributed by atoms with E-state index in [0.717, 1.165) is 18.2 Å². The summed E-state index contributed by atoms with van der Waals surface area (Å²) in [6.07, 6.45) is -3.08. The first-order chi connectivity index (χ1) is 13.6. The molecular formula is C19H15F3N2O4S. The molecule has 3 rings (SSSR count). The number of sulfone groups is 1. The second-order valence-corrected chi connectivity index (χ2v) is 8.75. The third-order valence-electron chi connectivity index (χ3n) is 4.32. The zero-order valence-electron chi connectivity index (χ0n) is 14.9. The molecule has 1 amide bonds. The Morgan fingerprint density at radius 2 is 2.03 bits per heavy atom. The number of carbonyl (C=O) groups excluding carboxylic acids is 1. The summed E-state index contributed by atoms with van der Waals surface area (Å²) in [6, 6.07) is 8.56. The zero-order valence-corrected chi connectivity index (χ0v) is 15.7. The summed E-state index contributed by atoms with van der Waals surface area (Å²) in [5.74, 6) is -0.711. The van der Waals surface area contributed by atoms with E-state index in [9.17, 15) is 31.6 Å². The number of hydrogen-bond donors (Lipinski definition) is 1. The molecule has 0 bridgehead atoms. The van der Waals surface area contributed by atoms with Crippen LogP contribution in [0.2, 0.25) is 0 Å². The minimum Gasteiger partial charge on any atom is -0.457 e. The van der Waals surface area contributed by atoms with E-state index in [4.69, 9.17) is 4.42 Å². The minimum absolute atomic E-state index is 0.0257. The van der Waals surface area contributed by atoms with Gasteiger partial charge in [0.15, 0.2) is 9.84 Å². The third kappa shape index (κ3) is 5.06. The van der Waals surface area contributed by atoms with Crippen molar-refractivity contribution in [3.05, 3.63) is 53.3 Å². The number of alkyl halides is 3. The van der Waals surface area contributed by atoms with E-state index >= 15 is 0 Å². The Bertz CT molecular complexity index is 1110. The van der Waals surface area contributed by atoms with Crippen LogP contribution < -0.4 is 5.32 Å². The lowest BCUT2D eigenvalue weighted by atomic mass is 10.1. The van der Waals surface area contributed by atoms with Crippen LogP contribution >= 0.6 is 0 Å². The fraction of sp³-hybridized carbons (Fsp3) is 0.263. The van der Waals surface area contributed by atoms with Crippen molar-refractivity contribution in [3.8, 4) is 17.4 Å². The monoisotopic (exact) mass is 424 g/mol. The third-order valence-corrected chi connectivity index (χ3v) is 6.09. The summed E-state index contributed by atoms with van der Waals surface area (Å²) >= 11 is 0. The zero-order chi connectivity index (χ0) is 21.2. The van der Waals surface area contributed by atoms with Gasteiger partial charge in [-0.05, 0) is 30.7 Å². The van der Waals surface area contributed by atoms with Crippen LogP contribution in [0.5, 0.6) is 0 Å². The van der Waals surface area contributed by atoms with E-state index in [1.54, 1.807) is 6.07 Å². The van der Waals surface area contributed by atoms with Crippen molar-refractivity contribution in [2.24, 2.45) is 0 Å². The highest BCUT2D eigenvalue weighted by Crippen LogP contribution is 2.32. The predicted octanol–water partition coefficient (Wildman–Crippen LogP) is 3.18. The molecular weight excluding hydrogens is 409 g/mol. The molecule has 1 aliphatic heterocycles. The minimum atomic E-state index is -4.49. The first-order valence-electron chi connectivity index (χ1n) is 8.48. The fourth-order valence-electron chi connectivity index (χ4n) is 2.90. The average Bonchev–Trinajstić information content (AvgIpc) is 3.25. The lowest BCUT2D eigenvalue weighted by Crippen LogP contribution is -2.36. The molecule has 10 heteroatoms. The summed E-state index contributed by atoms with van der Waals surface area (Å²) in [7, 11) is -3.19. The Morgan fingerprint density at radius 1 is 1.28 bits per heavy atom. The number of furan rings is 1. The molecule has 1 atom stereocenters. The van der Waals surface area contributed by atoms with Gasteiger partial charge < -0.3 is 9.73 Å². The van der Waals surface area contributed by atoms with Crippen LogP contribution in [-0.2, 0) is 20.8 Å². The van der Waals surface area contributed by atoms with Crippen molar-refractivity contribution in [3.63, 3.8) is 0 Å². The molecule has 1 aromatic heterocycles.